The van der Waals surface area contributed by atoms with Crippen LogP contribution in [-0.2, 0) is 0 Å². The normalized spacial score (nSPS) is 9.53. The van der Waals surface area contributed by atoms with Gasteiger partial charge in [-0.1, -0.05) is 12.1 Å². The van der Waals surface area contributed by atoms with E-state index in [4.69, 9.17) is 11.6 Å². The molecule has 1 heterocycles. The molecule has 1 aromatic heterocycles. The number of carbonyl (C=O) groups excluding carboxylic acids is 1. The minimum Gasteiger partial charge on any atom is -0.275 e. The summed E-state index contributed by atoms with van der Waals surface area (Å²) in [5, 5.41) is -0.796. The number of rotatable bonds is 2. The number of nitrogens with zero attached hydrogens (tertiary/aromatic N) is 1. The highest BCUT2D eigenvalue weighted by Gasteiger charge is 2.10. The van der Waals surface area contributed by atoms with Crippen molar-refractivity contribution in [1.29, 1.82) is 0 Å². The van der Waals surface area contributed by atoms with Gasteiger partial charge in [0.15, 0.2) is 0 Å². The topological polar surface area (TPSA) is 30.0 Å². The number of hydrogen-bond donors (Lipinski definition) is 0. The molecule has 0 bridgehead atoms. The first-order valence-electron chi connectivity index (χ1n) is 4.58. The van der Waals surface area contributed by atoms with Gasteiger partial charge in [-0.3, -0.25) is 9.78 Å². The first-order valence-corrected chi connectivity index (χ1v) is 4.96. The highest BCUT2D eigenvalue weighted by molar-refractivity contribution is 6.67. The maximum atomic E-state index is 13.5. The Balaban J connectivity index is 0.00000144. The molecular formula is C12H8Cl2FNO. The van der Waals surface area contributed by atoms with Gasteiger partial charge in [-0.2, -0.15) is 0 Å². The lowest BCUT2D eigenvalue weighted by molar-refractivity contribution is 0.107. The number of carbonyl (C=O) groups is 1. The van der Waals surface area contributed by atoms with Gasteiger partial charge in [0.25, 0.3) is 5.24 Å². The fourth-order valence-electron chi connectivity index (χ4n) is 1.39. The highest BCUT2D eigenvalue weighted by atomic mass is 35.5. The molecule has 5 heteroatoms. The quantitative estimate of drug-likeness (QED) is 0.780. The van der Waals surface area contributed by atoms with E-state index in [1.165, 1.54) is 12.1 Å². The summed E-state index contributed by atoms with van der Waals surface area (Å²) in [5.41, 5.74) is 1.33. The van der Waals surface area contributed by atoms with Crippen LogP contribution in [0.1, 0.15) is 10.4 Å². The Kier molecular flexibility index (Phi) is 4.61. The predicted octanol–water partition coefficient (Wildman–Crippen LogP) is 3.69. The van der Waals surface area contributed by atoms with Crippen LogP contribution in [0.25, 0.3) is 11.1 Å². The van der Waals surface area contributed by atoms with E-state index in [2.05, 4.69) is 4.98 Å². The molecule has 0 aliphatic carbocycles. The van der Waals surface area contributed by atoms with Crippen molar-refractivity contribution < 1.29 is 9.18 Å². The van der Waals surface area contributed by atoms with Gasteiger partial charge in [-0.05, 0) is 35.4 Å². The molecule has 0 saturated heterocycles. The van der Waals surface area contributed by atoms with E-state index in [0.717, 1.165) is 5.56 Å². The fourth-order valence-corrected chi connectivity index (χ4v) is 1.54. The molecular weight excluding hydrogens is 264 g/mol. The van der Waals surface area contributed by atoms with E-state index in [1.807, 2.05) is 6.07 Å². The number of benzene rings is 1. The third-order valence-electron chi connectivity index (χ3n) is 2.18. The molecule has 1 aromatic carbocycles. The summed E-state index contributed by atoms with van der Waals surface area (Å²) in [5.74, 6) is -0.624. The Morgan fingerprint density at radius 3 is 2.53 bits per heavy atom. The second-order valence-corrected chi connectivity index (χ2v) is 3.55. The van der Waals surface area contributed by atoms with Gasteiger partial charge in [0, 0.05) is 18.0 Å². The van der Waals surface area contributed by atoms with Crippen molar-refractivity contribution in [3.05, 3.63) is 54.1 Å². The van der Waals surface area contributed by atoms with E-state index in [9.17, 15) is 9.18 Å². The van der Waals surface area contributed by atoms with Crippen LogP contribution in [0, 0.1) is 5.82 Å². The zero-order chi connectivity index (χ0) is 11.5. The Hall–Kier alpha value is -1.45. The van der Waals surface area contributed by atoms with E-state index < -0.39 is 11.1 Å². The standard InChI is InChI=1S/C12H7ClFNO.ClH/c13-12(16)10-4-3-8(6-11(10)14)9-2-1-5-15-7-9;/h1-7H;1H. The van der Waals surface area contributed by atoms with Gasteiger partial charge in [-0.25, -0.2) is 4.39 Å². The van der Waals surface area contributed by atoms with E-state index in [1.54, 1.807) is 24.5 Å². The molecule has 0 unspecified atom stereocenters. The van der Waals surface area contributed by atoms with Crippen molar-refractivity contribution in [2.45, 2.75) is 0 Å². The summed E-state index contributed by atoms with van der Waals surface area (Å²) in [6.07, 6.45) is 3.26. The van der Waals surface area contributed by atoms with Crippen LogP contribution in [-0.4, -0.2) is 10.2 Å². The third kappa shape index (κ3) is 3.02. The SMILES string of the molecule is Cl.O=C(Cl)c1ccc(-c2cccnc2)cc1F. The number of aromatic nitrogens is 1. The Labute approximate surface area is 109 Å². The second kappa shape index (κ2) is 5.75. The maximum absolute atomic E-state index is 13.5. The van der Waals surface area contributed by atoms with Crippen LogP contribution in [0.5, 0.6) is 0 Å². The van der Waals surface area contributed by atoms with E-state index in [0.29, 0.717) is 5.56 Å². The summed E-state index contributed by atoms with van der Waals surface area (Å²) in [7, 11) is 0. The molecule has 0 fully saturated rings. The van der Waals surface area contributed by atoms with Crippen LogP contribution in [0.3, 0.4) is 0 Å². The van der Waals surface area contributed by atoms with Gasteiger partial charge in [0.2, 0.25) is 0 Å². The van der Waals surface area contributed by atoms with Crippen molar-refractivity contribution in [1.82, 2.24) is 4.98 Å². The van der Waals surface area contributed by atoms with Crippen molar-refractivity contribution in [2.75, 3.05) is 0 Å². The Morgan fingerprint density at radius 2 is 2.00 bits per heavy atom. The van der Waals surface area contributed by atoms with Gasteiger partial charge >= 0.3 is 0 Å². The fraction of sp³-hybridized carbons (Fsp3) is 0. The van der Waals surface area contributed by atoms with Crippen LogP contribution in [0.2, 0.25) is 0 Å². The van der Waals surface area contributed by atoms with Crippen LogP contribution in [0.4, 0.5) is 4.39 Å². The third-order valence-corrected chi connectivity index (χ3v) is 2.38. The molecule has 0 aliphatic heterocycles. The van der Waals surface area contributed by atoms with Crippen LogP contribution in [0.15, 0.2) is 42.7 Å². The van der Waals surface area contributed by atoms with Crippen molar-refractivity contribution >= 4 is 29.3 Å². The molecule has 0 N–H and O–H groups in total. The average Bonchev–Trinajstić information content (AvgIpc) is 2.29. The number of halogens is 3. The molecule has 0 amide bonds. The van der Waals surface area contributed by atoms with E-state index in [-0.39, 0.29) is 18.0 Å². The summed E-state index contributed by atoms with van der Waals surface area (Å²) in [6.45, 7) is 0. The number of pyridine rings is 1. The lowest BCUT2D eigenvalue weighted by Crippen LogP contribution is -1.94. The molecule has 0 saturated carbocycles. The molecule has 0 radical (unpaired) electrons. The molecule has 0 aliphatic rings. The highest BCUT2D eigenvalue weighted by Crippen LogP contribution is 2.21. The zero-order valence-corrected chi connectivity index (χ0v) is 10.1. The first kappa shape index (κ1) is 13.6. The molecule has 17 heavy (non-hydrogen) atoms. The molecule has 2 aromatic rings. The number of hydrogen-bond acceptors (Lipinski definition) is 2. The summed E-state index contributed by atoms with van der Waals surface area (Å²) >= 11 is 5.22. The Bertz CT molecular complexity index is 531. The van der Waals surface area contributed by atoms with Gasteiger partial charge in [-0.15, -0.1) is 12.4 Å². The van der Waals surface area contributed by atoms with Gasteiger partial charge < -0.3 is 0 Å². The minimum atomic E-state index is -0.796. The van der Waals surface area contributed by atoms with Crippen molar-refractivity contribution in [3.63, 3.8) is 0 Å². The van der Waals surface area contributed by atoms with E-state index >= 15 is 0 Å². The molecule has 2 rings (SSSR count). The lowest BCUT2D eigenvalue weighted by Gasteiger charge is -2.02. The smallest absolute Gasteiger partial charge is 0.255 e. The van der Waals surface area contributed by atoms with Gasteiger partial charge in [0.1, 0.15) is 5.82 Å². The zero-order valence-electron chi connectivity index (χ0n) is 8.56. The monoisotopic (exact) mass is 271 g/mol. The summed E-state index contributed by atoms with van der Waals surface area (Å²) in [4.78, 5) is 14.8. The first-order chi connectivity index (χ1) is 7.68. The second-order valence-electron chi connectivity index (χ2n) is 3.21. The predicted molar refractivity (Wildman–Crippen MR) is 67.1 cm³/mol. The van der Waals surface area contributed by atoms with Crippen molar-refractivity contribution in [2.24, 2.45) is 0 Å². The summed E-state index contributed by atoms with van der Waals surface area (Å²) in [6, 6.07) is 7.84. The minimum absolute atomic E-state index is 0. The summed E-state index contributed by atoms with van der Waals surface area (Å²) < 4.78 is 13.5. The van der Waals surface area contributed by atoms with Gasteiger partial charge in [0.05, 0.1) is 5.56 Å². The Morgan fingerprint density at radius 1 is 1.24 bits per heavy atom. The molecule has 2 nitrogen and oxygen atoms in total. The van der Waals surface area contributed by atoms with Crippen LogP contribution < -0.4 is 0 Å². The largest absolute Gasteiger partial charge is 0.275 e. The molecule has 88 valence electrons. The lowest BCUT2D eigenvalue weighted by atomic mass is 10.1. The molecule has 0 atom stereocenters. The average molecular weight is 272 g/mol. The molecule has 0 spiro atoms. The van der Waals surface area contributed by atoms with Crippen molar-refractivity contribution in [3.8, 4) is 11.1 Å². The maximum Gasteiger partial charge on any atom is 0.255 e. The van der Waals surface area contributed by atoms with Crippen LogP contribution >= 0.6 is 24.0 Å².